The second-order valence-corrected chi connectivity index (χ2v) is 6.25. The minimum Gasteiger partial charge on any atom is -0.438 e. The number of rotatable bonds is 8. The van der Waals surface area contributed by atoms with Crippen LogP contribution in [0.25, 0.3) is 6.08 Å². The van der Waals surface area contributed by atoms with Crippen molar-refractivity contribution in [3.05, 3.63) is 59.3 Å². The van der Waals surface area contributed by atoms with Gasteiger partial charge >= 0.3 is 12.4 Å². The third-order valence-corrected chi connectivity index (χ3v) is 4.12. The molecule has 31 heavy (non-hydrogen) atoms. The monoisotopic (exact) mass is 451 g/mol. The molecule has 0 radical (unpaired) electrons. The summed E-state index contributed by atoms with van der Waals surface area (Å²) in [6.45, 7) is -0.0307. The average molecular weight is 451 g/mol. The quantitative estimate of drug-likeness (QED) is 0.434. The van der Waals surface area contributed by atoms with E-state index >= 15 is 0 Å². The van der Waals surface area contributed by atoms with Crippen LogP contribution >= 0.6 is 0 Å². The molecule has 0 bridgehead atoms. The second kappa shape index (κ2) is 9.67. The molecule has 0 aliphatic rings. The molecule has 11 heteroatoms. The molecule has 0 aliphatic heterocycles. The highest BCUT2D eigenvalue weighted by atomic mass is 19.4. The summed E-state index contributed by atoms with van der Waals surface area (Å²) >= 11 is 0. The number of benzene rings is 1. The summed E-state index contributed by atoms with van der Waals surface area (Å²) in [7, 11) is 0.901. The van der Waals surface area contributed by atoms with E-state index in [-0.39, 0.29) is 23.8 Å². The number of hydrogen-bond donors (Lipinski definition) is 1. The van der Waals surface area contributed by atoms with Crippen LogP contribution in [0.2, 0.25) is 0 Å². The van der Waals surface area contributed by atoms with Crippen molar-refractivity contribution in [3.63, 3.8) is 0 Å². The Morgan fingerprint density at radius 2 is 1.74 bits per heavy atom. The molecule has 0 spiro atoms. The van der Waals surface area contributed by atoms with Crippen LogP contribution in [0.3, 0.4) is 0 Å². The highest BCUT2D eigenvalue weighted by Gasteiger charge is 2.73. The molecule has 0 fully saturated rings. The summed E-state index contributed by atoms with van der Waals surface area (Å²) in [6, 6.07) is 6.75. The van der Waals surface area contributed by atoms with Crippen molar-refractivity contribution >= 4 is 6.08 Å². The summed E-state index contributed by atoms with van der Waals surface area (Å²) in [6.07, 6.45) is -8.69. The van der Waals surface area contributed by atoms with Crippen molar-refractivity contribution in [3.8, 4) is 11.6 Å². The number of methoxy groups -OCH3 is 1. The summed E-state index contributed by atoms with van der Waals surface area (Å²) in [5.41, 5.74) is -5.60. The molecule has 1 aromatic carbocycles. The number of allylic oxidation sites excluding steroid dienone is 1. The van der Waals surface area contributed by atoms with E-state index in [1.165, 1.54) is 31.2 Å². The van der Waals surface area contributed by atoms with Crippen LogP contribution in [-0.2, 0) is 21.7 Å². The van der Waals surface area contributed by atoms with Gasteiger partial charge in [-0.1, -0.05) is 24.3 Å². The first-order valence-corrected chi connectivity index (χ1v) is 8.77. The van der Waals surface area contributed by atoms with Crippen LogP contribution in [0.5, 0.6) is 11.6 Å². The predicted molar refractivity (Wildman–Crippen MR) is 98.1 cm³/mol. The molecule has 0 atom stereocenters. The van der Waals surface area contributed by atoms with Gasteiger partial charge in [-0.2, -0.15) is 26.3 Å². The molecule has 0 saturated carbocycles. The van der Waals surface area contributed by atoms with Gasteiger partial charge in [-0.15, -0.1) is 0 Å². The van der Waals surface area contributed by atoms with Gasteiger partial charge in [0.05, 0.1) is 6.61 Å². The summed E-state index contributed by atoms with van der Waals surface area (Å²) in [5.74, 6) is -0.0481. The Morgan fingerprint density at radius 3 is 2.29 bits per heavy atom. The fraction of sp³-hybridized carbons (Fsp3) is 0.350. The van der Waals surface area contributed by atoms with Crippen molar-refractivity contribution in [1.82, 2.24) is 4.98 Å². The van der Waals surface area contributed by atoms with E-state index < -0.39 is 30.3 Å². The van der Waals surface area contributed by atoms with Gasteiger partial charge in [0.15, 0.2) is 0 Å². The fourth-order valence-corrected chi connectivity index (χ4v) is 2.75. The van der Waals surface area contributed by atoms with E-state index in [4.69, 9.17) is 4.74 Å². The number of ether oxygens (including phenoxy) is 3. The number of alkyl halides is 6. The van der Waals surface area contributed by atoms with Crippen LogP contribution in [0.15, 0.2) is 42.6 Å². The van der Waals surface area contributed by atoms with E-state index in [1.807, 2.05) is 0 Å². The van der Waals surface area contributed by atoms with Crippen LogP contribution in [0, 0.1) is 0 Å². The molecular formula is C20H19F6NO4. The molecule has 0 unspecified atom stereocenters. The van der Waals surface area contributed by atoms with Gasteiger partial charge in [-0.3, -0.25) is 0 Å². The largest absolute Gasteiger partial charge is 0.438 e. The van der Waals surface area contributed by atoms with Crippen molar-refractivity contribution in [2.45, 2.75) is 31.5 Å². The average Bonchev–Trinajstić information content (AvgIpc) is 2.68. The molecule has 2 aromatic rings. The number of aliphatic hydroxyl groups excluding tert-OH is 1. The molecule has 2 rings (SSSR count). The predicted octanol–water partition coefficient (Wildman–Crippen LogP) is 5.34. The first-order chi connectivity index (χ1) is 14.5. The summed E-state index contributed by atoms with van der Waals surface area (Å²) in [5, 5.41) is 9.20. The highest BCUT2D eigenvalue weighted by molar-refractivity contribution is 5.57. The fourth-order valence-electron chi connectivity index (χ4n) is 2.75. The topological polar surface area (TPSA) is 60.8 Å². The Balaban J connectivity index is 2.63. The second-order valence-electron chi connectivity index (χ2n) is 6.25. The molecule has 0 aliphatic carbocycles. The van der Waals surface area contributed by atoms with E-state index in [1.54, 1.807) is 12.1 Å². The van der Waals surface area contributed by atoms with Crippen molar-refractivity contribution in [2.75, 3.05) is 13.9 Å². The lowest BCUT2D eigenvalue weighted by Crippen LogP contribution is -2.56. The zero-order valence-corrected chi connectivity index (χ0v) is 16.4. The molecule has 0 saturated heterocycles. The van der Waals surface area contributed by atoms with Crippen molar-refractivity contribution < 1.29 is 45.7 Å². The van der Waals surface area contributed by atoms with Crippen LogP contribution in [-0.4, -0.2) is 36.3 Å². The third kappa shape index (κ3) is 5.17. The van der Waals surface area contributed by atoms with Gasteiger partial charge in [0.25, 0.3) is 5.60 Å². The Morgan fingerprint density at radius 1 is 1.06 bits per heavy atom. The Kier molecular flexibility index (Phi) is 7.68. The van der Waals surface area contributed by atoms with Crippen LogP contribution in [0.4, 0.5) is 26.3 Å². The summed E-state index contributed by atoms with van der Waals surface area (Å²) in [4.78, 5) is 3.69. The Hall–Kier alpha value is -2.63. The number of aliphatic hydroxyl groups is 1. The van der Waals surface area contributed by atoms with E-state index in [2.05, 4.69) is 14.5 Å². The zero-order chi connectivity index (χ0) is 23.3. The smallest absolute Gasteiger partial charge is 0.431 e. The maximum absolute atomic E-state index is 13.7. The molecule has 5 nitrogen and oxygen atoms in total. The van der Waals surface area contributed by atoms with E-state index in [0.29, 0.717) is 17.8 Å². The van der Waals surface area contributed by atoms with E-state index in [0.717, 1.165) is 7.11 Å². The van der Waals surface area contributed by atoms with Gasteiger partial charge in [0, 0.05) is 24.4 Å². The molecule has 1 aromatic heterocycles. The lowest BCUT2D eigenvalue weighted by molar-refractivity contribution is -0.400. The minimum atomic E-state index is -5.86. The normalized spacial score (nSPS) is 13.1. The summed E-state index contributed by atoms with van der Waals surface area (Å²) < 4.78 is 96.4. The first-order valence-electron chi connectivity index (χ1n) is 8.77. The zero-order valence-electron chi connectivity index (χ0n) is 16.4. The molecule has 1 heterocycles. The number of halogens is 6. The van der Waals surface area contributed by atoms with Gasteiger partial charge in [0.1, 0.15) is 12.5 Å². The minimum absolute atomic E-state index is 0.145. The van der Waals surface area contributed by atoms with Crippen LogP contribution in [0.1, 0.15) is 23.6 Å². The molecular weight excluding hydrogens is 432 g/mol. The van der Waals surface area contributed by atoms with Crippen molar-refractivity contribution in [1.29, 1.82) is 0 Å². The molecule has 0 amide bonds. The lowest BCUT2D eigenvalue weighted by Gasteiger charge is -2.37. The maximum atomic E-state index is 13.7. The molecule has 1 N–H and O–H groups in total. The Bertz CT molecular complexity index is 897. The third-order valence-electron chi connectivity index (χ3n) is 4.12. The highest BCUT2D eigenvalue weighted by Crippen LogP contribution is 2.53. The number of hydrogen-bond acceptors (Lipinski definition) is 5. The van der Waals surface area contributed by atoms with Crippen molar-refractivity contribution in [2.24, 2.45) is 0 Å². The SMILES string of the molecule is CC=Cc1cc(C(OCOC)(C(F)(F)F)C(F)(F)F)cnc1Oc1cccc(CO)c1. The Labute approximate surface area is 173 Å². The van der Waals surface area contributed by atoms with Gasteiger partial charge in [-0.25, -0.2) is 4.98 Å². The van der Waals surface area contributed by atoms with Gasteiger partial charge < -0.3 is 19.3 Å². The standard InChI is InChI=1S/C20H19F6NO4/c1-3-5-14-9-15(18(19(21,22)23,20(24,25)26)30-12-29-2)10-27-17(14)31-16-7-4-6-13(8-16)11-28/h3-10,28H,11-12H2,1-2H3. The van der Waals surface area contributed by atoms with Crippen LogP contribution < -0.4 is 4.74 Å². The number of nitrogens with zero attached hydrogens (tertiary/aromatic N) is 1. The van der Waals surface area contributed by atoms with Gasteiger partial charge in [0.2, 0.25) is 5.88 Å². The molecule has 170 valence electrons. The van der Waals surface area contributed by atoms with Gasteiger partial charge in [-0.05, 0) is 30.7 Å². The van der Waals surface area contributed by atoms with E-state index in [9.17, 15) is 31.4 Å². The number of aromatic nitrogens is 1. The first kappa shape index (κ1) is 24.6. The lowest BCUT2D eigenvalue weighted by atomic mass is 9.92. The number of pyridine rings is 1. The maximum Gasteiger partial charge on any atom is 0.431 e.